The Labute approximate surface area is 547 Å². The maximum absolute atomic E-state index is 12.3. The van der Waals surface area contributed by atoms with Gasteiger partial charge in [-0.3, -0.25) is 12.5 Å². The molecule has 3 rings (SSSR count). The maximum atomic E-state index is 12.3. The van der Waals surface area contributed by atoms with E-state index in [1.807, 2.05) is 0 Å². The zero-order valence-corrected chi connectivity index (χ0v) is 55.5. The number of carboxylic acids is 1. The van der Waals surface area contributed by atoms with Gasteiger partial charge in [0.25, 0.3) is 0 Å². The monoisotopic (exact) mass is 1190 g/mol. The molecular weight excluding hydrogens is 1160 g/mol. The Morgan fingerprint density at radius 1 is 0.507 bits per heavy atom. The molecule has 0 radical (unpaired) electrons. The first-order valence-electron chi connectivity index (χ1n) is 15.8. The van der Waals surface area contributed by atoms with Gasteiger partial charge in [0, 0.05) is 6.54 Å². The Bertz CT molecular complexity index is 2260. The van der Waals surface area contributed by atoms with E-state index in [-0.39, 0.29) is 207 Å². The van der Waals surface area contributed by atoms with Crippen LogP contribution in [-0.4, -0.2) is 223 Å². The second-order valence-electron chi connectivity index (χ2n) is 12.3. The van der Waals surface area contributed by atoms with Gasteiger partial charge in [-0.2, -0.15) is 0 Å². The van der Waals surface area contributed by atoms with Crippen molar-refractivity contribution in [3.05, 3.63) is 0 Å². The second kappa shape index (κ2) is 34.5. The maximum Gasteiger partial charge on any atom is 1.00 e. The molecule has 0 unspecified atom stereocenters. The summed E-state index contributed by atoms with van der Waals surface area (Å²) in [7, 11) is -34.5. The number of carbonyl (C=O) groups excluding carboxylic acids is 1. The Morgan fingerprint density at radius 3 is 1.39 bits per heavy atom. The number of aliphatic hydroxyl groups excluding tert-OH is 4. The predicted octanol–water partition coefficient (Wildman–Crippen LogP) is -34.1. The summed E-state index contributed by atoms with van der Waals surface area (Å²) in [6.07, 6.45) is -35.3. The quantitative estimate of drug-likeness (QED) is 0.0229. The molecule has 15 atom stereocenters. The standard InChI is InChI=1S/C20H37N3O33S6.7Na/c24-9-5(3-49-60(39,40)41)51-19(7(10(9)25)22-58(33,34)35)54-15-11(26)12(27)20(55-16(15)17(28)29)53-13-6(4-50-61(42,43)44)52-18(48-2-1-21-57(30,31)32)8(23-59(36,37)38)14(13)56-62(45,46)47;;;;;;;/h5-16,18-27H,1-4H2,(H,28,29)(H,30,31,32)(H,33,34,35)(H,36,37,38)(H,39,40,41)(H,42,43,44)(H,45,46,47);;;;;;;/q;7*+1/p-7/t5-,6-,7-,8-,9-,10-,11-,12-,13-,14-,15+,16+,18+,19-,20-;;;;;;;/m1......./s1. The van der Waals surface area contributed by atoms with Crippen molar-refractivity contribution in [1.82, 2.24) is 14.2 Å². The van der Waals surface area contributed by atoms with E-state index in [4.69, 9.17) is 28.4 Å². The molecule has 3 saturated heterocycles. The molecule has 0 saturated carbocycles. The molecule has 0 aromatic carbocycles. The normalized spacial score (nSPS) is 32.1. The van der Waals surface area contributed by atoms with Crippen molar-refractivity contribution in [2.75, 3.05) is 26.4 Å². The van der Waals surface area contributed by atoms with E-state index in [1.54, 1.807) is 0 Å². The first-order valence-corrected chi connectivity index (χ1v) is 24.0. The second-order valence-corrected chi connectivity index (χ2v) is 18.9. The third kappa shape index (κ3) is 29.5. The largest absolute Gasteiger partial charge is 1.00 e. The summed E-state index contributed by atoms with van der Waals surface area (Å²) >= 11 is 0. The smallest absolute Gasteiger partial charge is 0.735 e. The van der Waals surface area contributed by atoms with E-state index in [0.29, 0.717) is 0 Å². The van der Waals surface area contributed by atoms with Crippen molar-refractivity contribution in [2.24, 2.45) is 0 Å². The van der Waals surface area contributed by atoms with E-state index in [0.717, 1.165) is 9.44 Å². The molecule has 366 valence electrons. The average Bonchev–Trinajstić information content (AvgIpc) is 3.07. The van der Waals surface area contributed by atoms with Crippen LogP contribution in [0.25, 0.3) is 0 Å². The molecule has 69 heavy (non-hydrogen) atoms. The van der Waals surface area contributed by atoms with Crippen LogP contribution in [0.2, 0.25) is 0 Å². The molecule has 49 heteroatoms. The summed E-state index contributed by atoms with van der Waals surface area (Å²) in [5.74, 6) is -2.53. The van der Waals surface area contributed by atoms with E-state index in [1.165, 1.54) is 4.72 Å². The van der Waals surface area contributed by atoms with Crippen molar-refractivity contribution < 1.29 is 356 Å². The van der Waals surface area contributed by atoms with Gasteiger partial charge in [-0.05, 0) is 0 Å². The minimum absolute atomic E-state index is 0. The molecule has 0 aromatic heterocycles. The zero-order chi connectivity index (χ0) is 47.6. The van der Waals surface area contributed by atoms with Crippen LogP contribution >= 0.6 is 0 Å². The van der Waals surface area contributed by atoms with Gasteiger partial charge in [0.05, 0.1) is 25.8 Å². The van der Waals surface area contributed by atoms with Gasteiger partial charge in [-0.25, -0.2) is 64.7 Å². The molecule has 0 spiro atoms. The third-order valence-electron chi connectivity index (χ3n) is 7.91. The van der Waals surface area contributed by atoms with Gasteiger partial charge in [-0.1, -0.05) is 0 Å². The predicted molar refractivity (Wildman–Crippen MR) is 168 cm³/mol. The van der Waals surface area contributed by atoms with Crippen LogP contribution in [0.4, 0.5) is 0 Å². The van der Waals surface area contributed by atoms with Crippen LogP contribution in [0, 0.1) is 0 Å². The van der Waals surface area contributed by atoms with E-state index in [9.17, 15) is 108 Å². The van der Waals surface area contributed by atoms with Crippen molar-refractivity contribution in [2.45, 2.75) is 92.0 Å². The number of aliphatic hydroxyl groups is 4. The molecule has 7 N–H and O–H groups in total. The molecule has 3 fully saturated rings. The molecule has 0 aliphatic carbocycles. The van der Waals surface area contributed by atoms with Gasteiger partial charge in [0.2, 0.25) is 31.2 Å². The minimum Gasteiger partial charge on any atom is -0.735 e. The number of hydrogen-bond donors (Lipinski definition) is 7. The molecule has 3 aliphatic heterocycles. The number of hydrogen-bond acceptors (Lipinski definition) is 33. The average molecular weight is 1190 g/mol. The number of ether oxygens (including phenoxy) is 6. The van der Waals surface area contributed by atoms with Gasteiger partial charge in [0.15, 0.2) is 49.8 Å². The fourth-order valence-corrected chi connectivity index (χ4v) is 8.21. The summed E-state index contributed by atoms with van der Waals surface area (Å²) in [6.45, 7) is -5.33. The molecule has 3 aliphatic rings. The summed E-state index contributed by atoms with van der Waals surface area (Å²) < 4.78 is 252. The first kappa shape index (κ1) is 83.1. The zero-order valence-electron chi connectivity index (χ0n) is 36.6. The first-order chi connectivity index (χ1) is 28.0. The van der Waals surface area contributed by atoms with E-state index in [2.05, 4.69) is 12.5 Å². The number of nitrogens with one attached hydrogen (secondary N) is 3. The Balaban J connectivity index is -0.00000195. The molecule has 0 bridgehead atoms. The summed E-state index contributed by atoms with van der Waals surface area (Å²) in [4.78, 5) is 12.3. The summed E-state index contributed by atoms with van der Waals surface area (Å²) in [6, 6.07) is -5.30. The third-order valence-corrected chi connectivity index (χ3v) is 10.9. The fraction of sp³-hybridized carbons (Fsp3) is 0.950. The topological polar surface area (TPSA) is 583 Å². The van der Waals surface area contributed by atoms with Crippen molar-refractivity contribution in [3.63, 3.8) is 0 Å². The summed E-state index contributed by atoms with van der Waals surface area (Å²) in [5.41, 5.74) is 0. The SMILES string of the molecule is O=C([O-])[C@H]1O[C@@H](O[C@H]2[C@H](OS(=O)(=O)[O-])[C@@H](NS(=O)(=O)[O-])[C@@H](OCCNS(=O)(=O)[O-])O[C@@H]2COS(=O)(=O)[O-])[C@H](O)[C@@H](O)[C@@H]1O[C@H]1O[C@H](COS(=O)(=O)[O-])[C@@H](O)[C@H](O)[C@H]1NS(=O)(=O)[O-].[Na+].[Na+].[Na+].[Na+].[Na+].[Na+].[Na+]. The fourth-order valence-electron chi connectivity index (χ4n) is 5.61. The van der Waals surface area contributed by atoms with Crippen LogP contribution in [-0.2, 0) is 108 Å². The molecule has 36 nitrogen and oxygen atoms in total. The van der Waals surface area contributed by atoms with Crippen molar-refractivity contribution in [1.29, 1.82) is 0 Å². The van der Waals surface area contributed by atoms with Gasteiger partial charge in [0.1, 0.15) is 73.1 Å². The molecule has 0 aromatic rings. The number of aliphatic carboxylic acids is 1. The molecular formula is C20H30N3Na7O33S6. The number of rotatable bonds is 22. The number of carbonyl (C=O) groups is 1. The van der Waals surface area contributed by atoms with Crippen LogP contribution in [0.1, 0.15) is 0 Å². The van der Waals surface area contributed by atoms with Gasteiger partial charge in [-0.15, -0.1) is 0 Å². The Hall–Kier alpha value is 5.29. The Morgan fingerprint density at radius 2 is 0.957 bits per heavy atom. The van der Waals surface area contributed by atoms with Crippen LogP contribution < -0.4 is 226 Å². The van der Waals surface area contributed by atoms with Crippen LogP contribution in [0.5, 0.6) is 0 Å². The van der Waals surface area contributed by atoms with E-state index >= 15 is 0 Å². The number of carboxylic acid groups (broad SMARTS) is 1. The van der Waals surface area contributed by atoms with Crippen molar-refractivity contribution >= 4 is 68.1 Å². The summed E-state index contributed by atoms with van der Waals surface area (Å²) in [5, 5.41) is 55.2. The van der Waals surface area contributed by atoms with Gasteiger partial charge >= 0.3 is 207 Å². The van der Waals surface area contributed by atoms with E-state index < -0.39 is 186 Å². The van der Waals surface area contributed by atoms with Crippen molar-refractivity contribution in [3.8, 4) is 0 Å². The van der Waals surface area contributed by atoms with Gasteiger partial charge < -0.3 is 86.1 Å². The minimum atomic E-state index is -6.23. The van der Waals surface area contributed by atoms with Crippen LogP contribution in [0.15, 0.2) is 0 Å². The van der Waals surface area contributed by atoms with Crippen LogP contribution in [0.3, 0.4) is 0 Å². The molecule has 3 heterocycles. The molecule has 0 amide bonds. The Kier molecular flexibility index (Phi) is 41.6.